The van der Waals surface area contributed by atoms with Crippen molar-refractivity contribution in [3.63, 3.8) is 0 Å². The van der Waals surface area contributed by atoms with E-state index >= 15 is 0 Å². The zero-order valence-corrected chi connectivity index (χ0v) is 12.7. The van der Waals surface area contributed by atoms with Gasteiger partial charge in [-0.2, -0.15) is 0 Å². The number of epoxide rings is 1. The van der Waals surface area contributed by atoms with Crippen LogP contribution >= 0.6 is 0 Å². The van der Waals surface area contributed by atoms with Gasteiger partial charge in [-0.3, -0.25) is 4.79 Å². The minimum Gasteiger partial charge on any atom is -0.396 e. The molecule has 1 heterocycles. The van der Waals surface area contributed by atoms with Gasteiger partial charge in [-0.25, -0.2) is 0 Å². The van der Waals surface area contributed by atoms with Crippen LogP contribution in [0.5, 0.6) is 0 Å². The zero-order valence-electron chi connectivity index (χ0n) is 12.7. The highest BCUT2D eigenvalue weighted by atomic mass is 16.6. The van der Waals surface area contributed by atoms with E-state index in [-0.39, 0.29) is 30.0 Å². The Balaban J connectivity index is 1.83. The average molecular weight is 280 g/mol. The van der Waals surface area contributed by atoms with Gasteiger partial charge in [0.05, 0.1) is 18.3 Å². The van der Waals surface area contributed by atoms with Gasteiger partial charge < -0.3 is 14.6 Å². The van der Waals surface area contributed by atoms with E-state index in [9.17, 15) is 9.90 Å². The first-order valence-corrected chi connectivity index (χ1v) is 7.39. The van der Waals surface area contributed by atoms with Crippen LogP contribution in [-0.2, 0) is 14.3 Å². The van der Waals surface area contributed by atoms with Gasteiger partial charge >= 0.3 is 0 Å². The highest BCUT2D eigenvalue weighted by Crippen LogP contribution is 2.78. The fourth-order valence-electron chi connectivity index (χ4n) is 4.68. The Kier molecular flexibility index (Phi) is 2.96. The van der Waals surface area contributed by atoms with Crippen LogP contribution in [0.1, 0.15) is 40.0 Å². The highest BCUT2D eigenvalue weighted by Gasteiger charge is 2.90. The Labute approximate surface area is 120 Å². The van der Waals surface area contributed by atoms with E-state index in [2.05, 4.69) is 26.8 Å². The second-order valence-corrected chi connectivity index (χ2v) is 6.92. The lowest BCUT2D eigenvalue weighted by Gasteiger charge is -2.14. The van der Waals surface area contributed by atoms with E-state index in [1.165, 1.54) is 5.57 Å². The van der Waals surface area contributed by atoms with E-state index in [0.29, 0.717) is 6.42 Å². The number of rotatable bonds is 5. The lowest BCUT2D eigenvalue weighted by Crippen LogP contribution is -2.31. The molecule has 20 heavy (non-hydrogen) atoms. The molecule has 4 nitrogen and oxygen atoms in total. The van der Waals surface area contributed by atoms with Crippen molar-refractivity contribution in [1.29, 1.82) is 0 Å². The summed E-state index contributed by atoms with van der Waals surface area (Å²) in [5.74, 6) is 0.131. The van der Waals surface area contributed by atoms with Crippen LogP contribution in [0.15, 0.2) is 11.6 Å². The number of hydrogen-bond donors (Lipinski definition) is 1. The summed E-state index contributed by atoms with van der Waals surface area (Å²) in [7, 11) is 1.59. The maximum Gasteiger partial charge on any atom is 0.165 e. The molecule has 112 valence electrons. The van der Waals surface area contributed by atoms with Gasteiger partial charge in [-0.1, -0.05) is 11.6 Å². The number of Topliss-reactive ketones (excluding diaryl/α,β-unsaturated/α-hetero) is 1. The number of carbonyl (C=O) groups excluding carboxylic acids is 1. The molecular weight excluding hydrogens is 256 g/mol. The molecule has 1 N–H and O–H groups in total. The summed E-state index contributed by atoms with van der Waals surface area (Å²) < 4.78 is 11.6. The van der Waals surface area contributed by atoms with E-state index < -0.39 is 11.0 Å². The third kappa shape index (κ3) is 1.45. The van der Waals surface area contributed by atoms with E-state index in [1.807, 2.05) is 0 Å². The van der Waals surface area contributed by atoms with Crippen molar-refractivity contribution in [3.05, 3.63) is 11.6 Å². The molecule has 0 aromatic carbocycles. The van der Waals surface area contributed by atoms with Crippen LogP contribution in [0, 0.1) is 11.3 Å². The first kappa shape index (κ1) is 14.2. The van der Waals surface area contributed by atoms with Crippen molar-refractivity contribution in [2.75, 3.05) is 13.7 Å². The fourth-order valence-corrected chi connectivity index (χ4v) is 4.68. The Bertz CT molecular complexity index is 481. The molecule has 3 aliphatic rings. The number of fused-ring (bicyclic) bond motifs is 1. The second-order valence-electron chi connectivity index (χ2n) is 6.92. The monoisotopic (exact) mass is 280 g/mol. The number of aliphatic hydroxyl groups excluding tert-OH is 1. The first-order chi connectivity index (χ1) is 9.39. The summed E-state index contributed by atoms with van der Waals surface area (Å²) in [5, 5.41) is 9.85. The Morgan fingerprint density at radius 1 is 1.55 bits per heavy atom. The number of carbonyl (C=O) groups is 1. The number of hydrogen-bond acceptors (Lipinski definition) is 4. The van der Waals surface area contributed by atoms with Crippen LogP contribution in [0.3, 0.4) is 0 Å². The molecule has 3 rings (SSSR count). The second kappa shape index (κ2) is 4.15. The molecule has 0 amide bonds. The van der Waals surface area contributed by atoms with Crippen molar-refractivity contribution in [2.24, 2.45) is 11.3 Å². The van der Waals surface area contributed by atoms with Gasteiger partial charge in [-0.15, -0.1) is 0 Å². The minimum atomic E-state index is -0.795. The van der Waals surface area contributed by atoms with Crippen molar-refractivity contribution >= 4 is 5.78 Å². The summed E-state index contributed by atoms with van der Waals surface area (Å²) >= 11 is 0. The Morgan fingerprint density at radius 2 is 2.25 bits per heavy atom. The summed E-state index contributed by atoms with van der Waals surface area (Å²) in [6.07, 6.45) is 4.40. The van der Waals surface area contributed by atoms with E-state index in [1.54, 1.807) is 7.11 Å². The third-order valence-corrected chi connectivity index (χ3v) is 5.72. The molecule has 3 fully saturated rings. The number of aliphatic hydroxyl groups is 1. The molecule has 5 atom stereocenters. The molecule has 1 aliphatic heterocycles. The average Bonchev–Trinajstić information content (AvgIpc) is 3.22. The molecule has 0 aromatic heterocycles. The van der Waals surface area contributed by atoms with Crippen LogP contribution in [0.25, 0.3) is 0 Å². The maximum absolute atomic E-state index is 12.3. The van der Waals surface area contributed by atoms with Crippen molar-refractivity contribution < 1.29 is 19.4 Å². The molecule has 2 saturated carbocycles. The van der Waals surface area contributed by atoms with Crippen LogP contribution in [0.4, 0.5) is 0 Å². The predicted octanol–water partition coefficient (Wildman–Crippen LogP) is 1.86. The van der Waals surface area contributed by atoms with E-state index in [0.717, 1.165) is 12.8 Å². The Hall–Kier alpha value is -0.710. The molecule has 0 bridgehead atoms. The van der Waals surface area contributed by atoms with Crippen molar-refractivity contribution in [3.8, 4) is 0 Å². The molecule has 2 aliphatic carbocycles. The first-order valence-electron chi connectivity index (χ1n) is 7.39. The lowest BCUT2D eigenvalue weighted by atomic mass is 9.88. The van der Waals surface area contributed by atoms with Gasteiger partial charge in [0, 0.05) is 24.9 Å². The van der Waals surface area contributed by atoms with Crippen molar-refractivity contribution in [1.82, 2.24) is 0 Å². The van der Waals surface area contributed by atoms with Crippen LogP contribution in [-0.4, -0.2) is 41.9 Å². The van der Waals surface area contributed by atoms with Gasteiger partial charge in [0.25, 0.3) is 0 Å². The summed E-state index contributed by atoms with van der Waals surface area (Å²) in [6, 6.07) is 0. The largest absolute Gasteiger partial charge is 0.396 e. The summed E-state index contributed by atoms with van der Waals surface area (Å²) in [6.45, 7) is 6.21. The number of allylic oxidation sites excluding steroid dienone is 1. The molecule has 1 saturated heterocycles. The SMILES string of the molecule is CO[C@]12C(=O)CC[C@@]1(CO)[C@H]2[C@]1(C)O[C@@H]1CC=C(C)C. The number of methoxy groups -OCH3 is 1. The van der Waals surface area contributed by atoms with E-state index in [4.69, 9.17) is 9.47 Å². The minimum absolute atomic E-state index is 0.00527. The Morgan fingerprint density at radius 3 is 2.75 bits per heavy atom. The van der Waals surface area contributed by atoms with Gasteiger partial charge in [0.15, 0.2) is 5.78 Å². The highest BCUT2D eigenvalue weighted by molar-refractivity contribution is 5.96. The molecule has 4 heteroatoms. The topological polar surface area (TPSA) is 59.1 Å². The van der Waals surface area contributed by atoms with Gasteiger partial charge in [-0.05, 0) is 33.6 Å². The van der Waals surface area contributed by atoms with Gasteiger partial charge in [0.2, 0.25) is 0 Å². The number of ether oxygens (including phenoxy) is 2. The standard InChI is InChI=1S/C16H24O4/c1-10(2)5-6-12-14(3,20-12)13-15(9-17)8-7-11(18)16(13,15)19-4/h5,12-13,17H,6-9H2,1-4H3/t12-,13-,14-,15-,16+/m1/s1. The molecular formula is C16H24O4. The molecule has 0 radical (unpaired) electrons. The zero-order chi connectivity index (χ0) is 14.8. The maximum atomic E-state index is 12.3. The normalized spacial score (nSPS) is 49.0. The third-order valence-electron chi connectivity index (χ3n) is 5.72. The smallest absolute Gasteiger partial charge is 0.165 e. The van der Waals surface area contributed by atoms with Crippen LogP contribution in [0.2, 0.25) is 0 Å². The molecule has 0 spiro atoms. The lowest BCUT2D eigenvalue weighted by molar-refractivity contribution is -0.132. The predicted molar refractivity (Wildman–Crippen MR) is 74.3 cm³/mol. The van der Waals surface area contributed by atoms with Crippen molar-refractivity contribution in [2.45, 2.75) is 57.3 Å². The van der Waals surface area contributed by atoms with Gasteiger partial charge in [0.1, 0.15) is 5.60 Å². The molecule has 0 unspecified atom stereocenters. The quantitative estimate of drug-likeness (QED) is 0.617. The molecule has 0 aromatic rings. The summed E-state index contributed by atoms with van der Waals surface area (Å²) in [4.78, 5) is 12.3. The fraction of sp³-hybridized carbons (Fsp3) is 0.812. The number of ketones is 1. The van der Waals surface area contributed by atoms with Crippen LogP contribution < -0.4 is 0 Å². The summed E-state index contributed by atoms with van der Waals surface area (Å²) in [5.41, 5.74) is -0.266.